The lowest BCUT2D eigenvalue weighted by molar-refractivity contribution is 0.600. The molecule has 100 valence electrons. The minimum Gasteiger partial charge on any atom is -0.378 e. The van der Waals surface area contributed by atoms with E-state index in [2.05, 4.69) is 14.4 Å². The lowest BCUT2D eigenvalue weighted by atomic mass is 10.6. The smallest absolute Gasteiger partial charge is 0.319 e. The van der Waals surface area contributed by atoms with Gasteiger partial charge in [-0.3, -0.25) is 0 Å². The summed E-state index contributed by atoms with van der Waals surface area (Å²) in [5.41, 5.74) is 16.4. The predicted molar refractivity (Wildman–Crippen MR) is 73.6 cm³/mol. The van der Waals surface area contributed by atoms with E-state index in [0.29, 0.717) is 16.6 Å². The molecule has 18 heavy (non-hydrogen) atoms. The highest BCUT2D eigenvalue weighted by molar-refractivity contribution is 8.13. The van der Waals surface area contributed by atoms with Crippen LogP contribution < -0.4 is 22.3 Å². The van der Waals surface area contributed by atoms with Gasteiger partial charge in [0.25, 0.3) is 0 Å². The third-order valence-electron chi connectivity index (χ3n) is 1.35. The van der Waals surface area contributed by atoms with Crippen molar-refractivity contribution >= 4 is 49.6 Å². The monoisotopic (exact) mass is 309 g/mol. The first kappa shape index (κ1) is 14.7. The number of guanidine groups is 1. The molecule has 0 radical (unpaired) electrons. The average molecular weight is 309 g/mol. The molecule has 0 aromatic carbocycles. The van der Waals surface area contributed by atoms with Gasteiger partial charge in [-0.2, -0.15) is 13.4 Å². The Morgan fingerprint density at radius 3 is 2.67 bits per heavy atom. The highest BCUT2D eigenvalue weighted by atomic mass is 32.2. The second kappa shape index (κ2) is 5.99. The van der Waals surface area contributed by atoms with Crippen LogP contribution in [0.4, 0.5) is 5.13 Å². The number of aliphatic imine (C=N–C) groups is 1. The van der Waals surface area contributed by atoms with E-state index in [0.717, 1.165) is 11.8 Å². The number of aromatic nitrogens is 1. The zero-order chi connectivity index (χ0) is 13.8. The topological polar surface area (TPSA) is 176 Å². The van der Waals surface area contributed by atoms with E-state index in [4.69, 9.17) is 22.3 Å². The Hall–Kier alpha value is -1.37. The second-order valence-electron chi connectivity index (χ2n) is 2.89. The number of thioether (sulfide) groups is 1. The summed E-state index contributed by atoms with van der Waals surface area (Å²) in [7, 11) is -3.97. The van der Waals surface area contributed by atoms with Crippen LogP contribution in [0, 0.1) is 0 Å². The molecule has 8 N–H and O–H groups in total. The van der Waals surface area contributed by atoms with Crippen LogP contribution in [0.2, 0.25) is 0 Å². The molecule has 0 amide bonds. The molecule has 1 aromatic heterocycles. The highest BCUT2D eigenvalue weighted by Crippen LogP contribution is 2.21. The molecule has 0 saturated heterocycles. The molecule has 0 aliphatic rings. The van der Waals surface area contributed by atoms with Gasteiger partial charge in [-0.1, -0.05) is 11.8 Å². The fourth-order valence-electron chi connectivity index (χ4n) is 0.824. The molecular formula is C6H11N7O2S3. The maximum atomic E-state index is 10.6. The third kappa shape index (κ3) is 5.81. The van der Waals surface area contributed by atoms with E-state index in [1.807, 2.05) is 0 Å². The highest BCUT2D eigenvalue weighted by Gasteiger charge is 2.05. The number of amidine groups is 1. The van der Waals surface area contributed by atoms with Gasteiger partial charge in [-0.15, -0.1) is 15.7 Å². The molecule has 9 nitrogen and oxygen atoms in total. The Balaban J connectivity index is 2.62. The standard InChI is InChI=1S/C6H11N7O2S3/c7-4(8)12-6-11-3(2-17-6)1-16-5(9)13-18(10,14)15/h2H,1H2,(H2,9,13)(H2,10,14,15)(H4,7,8,11,12). The lowest BCUT2D eigenvalue weighted by Crippen LogP contribution is -2.21. The van der Waals surface area contributed by atoms with Crippen molar-refractivity contribution in [2.75, 3.05) is 0 Å². The number of rotatable bonds is 4. The summed E-state index contributed by atoms with van der Waals surface area (Å²) in [6.45, 7) is 0. The maximum Gasteiger partial charge on any atom is 0.319 e. The molecule has 0 spiro atoms. The summed E-state index contributed by atoms with van der Waals surface area (Å²) < 4.78 is 24.3. The molecule has 0 unspecified atom stereocenters. The summed E-state index contributed by atoms with van der Waals surface area (Å²) in [5.74, 6) is 0.250. The van der Waals surface area contributed by atoms with E-state index < -0.39 is 10.2 Å². The summed E-state index contributed by atoms with van der Waals surface area (Å²) in [4.78, 5) is 7.84. The van der Waals surface area contributed by atoms with E-state index in [1.165, 1.54) is 11.3 Å². The Labute approximate surface area is 112 Å². The zero-order valence-electron chi connectivity index (χ0n) is 8.98. The van der Waals surface area contributed by atoms with Gasteiger partial charge < -0.3 is 17.2 Å². The summed E-state index contributed by atoms with van der Waals surface area (Å²) in [6.07, 6.45) is 0. The van der Waals surface area contributed by atoms with Gasteiger partial charge in [-0.05, 0) is 0 Å². The molecular weight excluding hydrogens is 298 g/mol. The fourth-order valence-corrected chi connectivity index (χ4v) is 2.85. The van der Waals surface area contributed by atoms with Crippen LogP contribution in [0.5, 0.6) is 0 Å². The number of nitrogens with two attached hydrogens (primary N) is 4. The Morgan fingerprint density at radius 2 is 2.11 bits per heavy atom. The molecule has 0 aliphatic heterocycles. The summed E-state index contributed by atoms with van der Waals surface area (Å²) >= 11 is 2.24. The van der Waals surface area contributed by atoms with Crippen LogP contribution in [-0.4, -0.2) is 24.5 Å². The molecule has 0 atom stereocenters. The third-order valence-corrected chi connectivity index (χ3v) is 3.53. The van der Waals surface area contributed by atoms with Crippen molar-refractivity contribution in [2.24, 2.45) is 31.7 Å². The first-order valence-corrected chi connectivity index (χ1v) is 7.68. The minimum absolute atomic E-state index is 0.0844. The van der Waals surface area contributed by atoms with Crippen LogP contribution in [-0.2, 0) is 16.0 Å². The van der Waals surface area contributed by atoms with E-state index in [1.54, 1.807) is 5.38 Å². The van der Waals surface area contributed by atoms with Crippen molar-refractivity contribution < 1.29 is 8.42 Å². The van der Waals surface area contributed by atoms with Crippen molar-refractivity contribution in [1.82, 2.24) is 4.98 Å². The van der Waals surface area contributed by atoms with E-state index in [9.17, 15) is 8.42 Å². The average Bonchev–Trinajstić information content (AvgIpc) is 2.59. The van der Waals surface area contributed by atoms with Crippen LogP contribution in [0.15, 0.2) is 14.8 Å². The lowest BCUT2D eigenvalue weighted by Gasteiger charge is -1.96. The van der Waals surface area contributed by atoms with Gasteiger partial charge in [0.15, 0.2) is 11.1 Å². The molecule has 1 aromatic rings. The van der Waals surface area contributed by atoms with Crippen molar-refractivity contribution in [3.8, 4) is 0 Å². The molecule has 0 saturated carbocycles. The van der Waals surface area contributed by atoms with Gasteiger partial charge in [0.05, 0.1) is 5.69 Å². The van der Waals surface area contributed by atoms with Crippen LogP contribution in [0.3, 0.4) is 0 Å². The zero-order valence-corrected chi connectivity index (χ0v) is 11.4. The number of hydrogen-bond donors (Lipinski definition) is 4. The normalized spacial score (nSPS) is 12.4. The van der Waals surface area contributed by atoms with Gasteiger partial charge in [-0.25, -0.2) is 10.1 Å². The van der Waals surface area contributed by atoms with E-state index in [-0.39, 0.29) is 11.1 Å². The molecule has 0 bridgehead atoms. The Morgan fingerprint density at radius 1 is 1.44 bits per heavy atom. The first-order valence-electron chi connectivity index (χ1n) is 4.31. The van der Waals surface area contributed by atoms with Crippen molar-refractivity contribution in [3.63, 3.8) is 0 Å². The van der Waals surface area contributed by atoms with Gasteiger partial charge >= 0.3 is 10.2 Å². The number of thiazole rings is 1. The molecule has 1 rings (SSSR count). The van der Waals surface area contributed by atoms with Crippen molar-refractivity contribution in [2.45, 2.75) is 5.75 Å². The summed E-state index contributed by atoms with van der Waals surface area (Å²) in [5, 5.41) is 6.67. The van der Waals surface area contributed by atoms with Gasteiger partial charge in [0.1, 0.15) is 0 Å². The second-order valence-corrected chi connectivity index (χ2v) is 5.94. The van der Waals surface area contributed by atoms with Crippen LogP contribution >= 0.6 is 23.1 Å². The largest absolute Gasteiger partial charge is 0.378 e. The fraction of sp³-hybridized carbons (Fsp3) is 0.167. The molecule has 12 heteroatoms. The number of nitrogens with zero attached hydrogens (tertiary/aromatic N) is 3. The SMILES string of the molecule is NC(N)=Nc1nc(CSC(N)=NS(N)(=O)=O)cs1. The van der Waals surface area contributed by atoms with Crippen LogP contribution in [0.25, 0.3) is 0 Å². The summed E-state index contributed by atoms with van der Waals surface area (Å²) in [6, 6.07) is 0. The van der Waals surface area contributed by atoms with E-state index >= 15 is 0 Å². The Bertz CT molecular complexity index is 572. The molecule has 1 heterocycles. The maximum absolute atomic E-state index is 10.6. The molecule has 0 fully saturated rings. The van der Waals surface area contributed by atoms with Gasteiger partial charge in [0.2, 0.25) is 5.13 Å². The van der Waals surface area contributed by atoms with Crippen molar-refractivity contribution in [3.05, 3.63) is 11.1 Å². The van der Waals surface area contributed by atoms with Crippen molar-refractivity contribution in [1.29, 1.82) is 0 Å². The Kier molecular flexibility index (Phi) is 4.89. The predicted octanol–water partition coefficient (Wildman–Crippen LogP) is -1.20. The first-order chi connectivity index (χ1) is 8.26. The quantitative estimate of drug-likeness (QED) is 0.398. The van der Waals surface area contributed by atoms with Gasteiger partial charge in [0, 0.05) is 11.1 Å². The molecule has 0 aliphatic carbocycles. The van der Waals surface area contributed by atoms with Crippen LogP contribution in [0.1, 0.15) is 5.69 Å². The minimum atomic E-state index is -3.97. The number of hydrogen-bond acceptors (Lipinski definition) is 6.